The molecule has 2 aromatic carbocycles. The molecule has 0 aliphatic rings. The first kappa shape index (κ1) is 11.5. The average molecular weight is 351 g/mol. The normalized spacial score (nSPS) is 10.9. The number of hydrogen-bond donors (Lipinski definition) is 0. The third-order valence-electron chi connectivity index (χ3n) is 2.81. The highest BCUT2D eigenvalue weighted by molar-refractivity contribution is 14.1. The molecule has 0 spiro atoms. The summed E-state index contributed by atoms with van der Waals surface area (Å²) in [5.74, 6) is -0.309. The molecule has 4 heteroatoms. The van der Waals surface area contributed by atoms with Gasteiger partial charge in [0.25, 0.3) is 0 Å². The summed E-state index contributed by atoms with van der Waals surface area (Å²) in [4.78, 5) is 11.8. The summed E-state index contributed by atoms with van der Waals surface area (Å²) >= 11 is 2.23. The predicted molar refractivity (Wildman–Crippen MR) is 78.7 cm³/mol. The standard InChI is InChI=1S/C14H10INO2/c15-11-6-7-13-12(8-11)16(14(17)18-13)9-10-4-2-1-3-5-10/h1-8H,9H2. The molecule has 0 unspecified atom stereocenters. The minimum atomic E-state index is -0.309. The van der Waals surface area contributed by atoms with Crippen LogP contribution < -0.4 is 5.76 Å². The van der Waals surface area contributed by atoms with E-state index in [1.54, 1.807) is 4.57 Å². The van der Waals surface area contributed by atoms with Gasteiger partial charge in [0.2, 0.25) is 0 Å². The molecule has 0 saturated carbocycles. The van der Waals surface area contributed by atoms with E-state index in [1.165, 1.54) is 0 Å². The van der Waals surface area contributed by atoms with Gasteiger partial charge >= 0.3 is 5.76 Å². The number of aromatic nitrogens is 1. The van der Waals surface area contributed by atoms with Crippen LogP contribution >= 0.6 is 22.6 Å². The highest BCUT2D eigenvalue weighted by atomic mass is 127. The lowest BCUT2D eigenvalue weighted by molar-refractivity contribution is 0.517. The van der Waals surface area contributed by atoms with Gasteiger partial charge in [-0.1, -0.05) is 30.3 Å². The van der Waals surface area contributed by atoms with Gasteiger partial charge in [-0.15, -0.1) is 0 Å². The van der Waals surface area contributed by atoms with Crippen molar-refractivity contribution in [2.24, 2.45) is 0 Å². The Balaban J connectivity index is 2.14. The molecule has 0 radical (unpaired) electrons. The first-order chi connectivity index (χ1) is 8.74. The van der Waals surface area contributed by atoms with Gasteiger partial charge in [0.1, 0.15) is 0 Å². The molecule has 0 aliphatic heterocycles. The van der Waals surface area contributed by atoms with Crippen molar-refractivity contribution in [3.8, 4) is 0 Å². The molecule has 3 nitrogen and oxygen atoms in total. The van der Waals surface area contributed by atoms with Crippen LogP contribution in [0, 0.1) is 3.57 Å². The third-order valence-corrected chi connectivity index (χ3v) is 3.48. The van der Waals surface area contributed by atoms with Crippen LogP contribution in [0.1, 0.15) is 5.56 Å². The van der Waals surface area contributed by atoms with E-state index in [0.29, 0.717) is 12.1 Å². The smallest absolute Gasteiger partial charge is 0.408 e. The van der Waals surface area contributed by atoms with Crippen molar-refractivity contribution in [3.63, 3.8) is 0 Å². The van der Waals surface area contributed by atoms with Crippen LogP contribution in [0.5, 0.6) is 0 Å². The van der Waals surface area contributed by atoms with Crippen molar-refractivity contribution in [1.82, 2.24) is 4.57 Å². The molecule has 0 aliphatic carbocycles. The quantitative estimate of drug-likeness (QED) is 0.665. The zero-order chi connectivity index (χ0) is 12.5. The molecule has 0 atom stereocenters. The second-order valence-corrected chi connectivity index (χ2v) is 5.30. The Morgan fingerprint density at radius 2 is 1.89 bits per heavy atom. The maximum absolute atomic E-state index is 11.8. The van der Waals surface area contributed by atoms with Crippen molar-refractivity contribution in [2.45, 2.75) is 6.54 Å². The highest BCUT2D eigenvalue weighted by Gasteiger charge is 2.09. The lowest BCUT2D eigenvalue weighted by Crippen LogP contribution is -2.14. The summed E-state index contributed by atoms with van der Waals surface area (Å²) in [7, 11) is 0. The first-order valence-corrected chi connectivity index (χ1v) is 6.65. The molecule has 1 heterocycles. The average Bonchev–Trinajstić information content (AvgIpc) is 2.67. The van der Waals surface area contributed by atoms with Crippen LogP contribution in [0.4, 0.5) is 0 Å². The van der Waals surface area contributed by atoms with Crippen LogP contribution in [-0.2, 0) is 6.54 Å². The fourth-order valence-electron chi connectivity index (χ4n) is 1.95. The van der Waals surface area contributed by atoms with Gasteiger partial charge in [-0.2, -0.15) is 0 Å². The van der Waals surface area contributed by atoms with E-state index in [4.69, 9.17) is 4.42 Å². The molecule has 0 fully saturated rings. The number of oxazole rings is 1. The summed E-state index contributed by atoms with van der Waals surface area (Å²) in [5, 5.41) is 0. The highest BCUT2D eigenvalue weighted by Crippen LogP contribution is 2.17. The monoisotopic (exact) mass is 351 g/mol. The number of hydrogen-bond acceptors (Lipinski definition) is 2. The van der Waals surface area contributed by atoms with Gasteiger partial charge in [0.15, 0.2) is 5.58 Å². The van der Waals surface area contributed by atoms with Gasteiger partial charge < -0.3 is 4.42 Å². The van der Waals surface area contributed by atoms with E-state index in [2.05, 4.69) is 22.6 Å². The van der Waals surface area contributed by atoms with Gasteiger partial charge in [-0.05, 0) is 46.4 Å². The minimum absolute atomic E-state index is 0.309. The van der Waals surface area contributed by atoms with E-state index in [0.717, 1.165) is 14.7 Å². The first-order valence-electron chi connectivity index (χ1n) is 5.57. The number of nitrogens with zero attached hydrogens (tertiary/aromatic N) is 1. The molecular formula is C14H10INO2. The van der Waals surface area contributed by atoms with E-state index in [1.807, 2.05) is 48.5 Å². The van der Waals surface area contributed by atoms with Gasteiger partial charge in [0.05, 0.1) is 12.1 Å². The van der Waals surface area contributed by atoms with Crippen molar-refractivity contribution in [3.05, 3.63) is 68.2 Å². The van der Waals surface area contributed by atoms with Crippen molar-refractivity contribution >= 4 is 33.7 Å². The van der Waals surface area contributed by atoms with Crippen molar-refractivity contribution in [2.75, 3.05) is 0 Å². The van der Waals surface area contributed by atoms with E-state index in [9.17, 15) is 4.79 Å². The zero-order valence-electron chi connectivity index (χ0n) is 9.47. The SMILES string of the molecule is O=c1oc2ccc(I)cc2n1Cc1ccccc1. The second kappa shape index (κ2) is 4.61. The molecule has 0 bridgehead atoms. The fourth-order valence-corrected chi connectivity index (χ4v) is 2.43. The van der Waals surface area contributed by atoms with Crippen LogP contribution in [0.2, 0.25) is 0 Å². The minimum Gasteiger partial charge on any atom is -0.408 e. The van der Waals surface area contributed by atoms with Crippen molar-refractivity contribution < 1.29 is 4.42 Å². The van der Waals surface area contributed by atoms with Crippen LogP contribution in [0.25, 0.3) is 11.1 Å². The maximum atomic E-state index is 11.8. The fraction of sp³-hybridized carbons (Fsp3) is 0.0714. The second-order valence-electron chi connectivity index (χ2n) is 4.05. The maximum Gasteiger partial charge on any atom is 0.420 e. The van der Waals surface area contributed by atoms with Gasteiger partial charge in [-0.25, -0.2) is 4.79 Å². The molecular weight excluding hydrogens is 341 g/mol. The number of benzene rings is 2. The topological polar surface area (TPSA) is 35.1 Å². The van der Waals surface area contributed by atoms with Gasteiger partial charge in [-0.3, -0.25) is 4.57 Å². The van der Waals surface area contributed by atoms with Gasteiger partial charge in [0, 0.05) is 3.57 Å². The third kappa shape index (κ3) is 2.08. The van der Waals surface area contributed by atoms with Crippen LogP contribution in [-0.4, -0.2) is 4.57 Å². The van der Waals surface area contributed by atoms with E-state index < -0.39 is 0 Å². The molecule has 3 rings (SSSR count). The summed E-state index contributed by atoms with van der Waals surface area (Å²) in [6.07, 6.45) is 0. The summed E-state index contributed by atoms with van der Waals surface area (Å²) in [6, 6.07) is 15.6. The number of fused-ring (bicyclic) bond motifs is 1. The summed E-state index contributed by atoms with van der Waals surface area (Å²) < 4.78 is 7.98. The lowest BCUT2D eigenvalue weighted by Gasteiger charge is -2.02. The molecule has 1 aromatic heterocycles. The van der Waals surface area contributed by atoms with Crippen LogP contribution in [0.3, 0.4) is 0 Å². The molecule has 0 amide bonds. The Hall–Kier alpha value is -1.56. The zero-order valence-corrected chi connectivity index (χ0v) is 11.6. The molecule has 90 valence electrons. The Bertz CT molecular complexity index is 743. The molecule has 3 aromatic rings. The molecule has 0 N–H and O–H groups in total. The van der Waals surface area contributed by atoms with Crippen LogP contribution in [0.15, 0.2) is 57.7 Å². The predicted octanol–water partition coefficient (Wildman–Crippen LogP) is 3.25. The summed E-state index contributed by atoms with van der Waals surface area (Å²) in [6.45, 7) is 0.534. The number of rotatable bonds is 2. The largest absolute Gasteiger partial charge is 0.420 e. The molecule has 0 saturated heterocycles. The Labute approximate surface area is 117 Å². The number of halogens is 1. The lowest BCUT2D eigenvalue weighted by atomic mass is 10.2. The Morgan fingerprint density at radius 3 is 2.67 bits per heavy atom. The Kier molecular flexibility index (Phi) is 2.95. The van der Waals surface area contributed by atoms with Crippen molar-refractivity contribution in [1.29, 1.82) is 0 Å². The Morgan fingerprint density at radius 1 is 1.11 bits per heavy atom. The summed E-state index contributed by atoms with van der Waals surface area (Å²) in [5.41, 5.74) is 2.56. The van der Waals surface area contributed by atoms with E-state index in [-0.39, 0.29) is 5.76 Å². The van der Waals surface area contributed by atoms with E-state index >= 15 is 0 Å². The molecule has 18 heavy (non-hydrogen) atoms.